The Balaban J connectivity index is 1.59. The second kappa shape index (κ2) is 10.1. The van der Waals surface area contributed by atoms with Crippen LogP contribution in [0.25, 0.3) is 0 Å². The Morgan fingerprint density at radius 3 is 2.00 bits per heavy atom. The van der Waals surface area contributed by atoms with E-state index in [1.165, 1.54) is 22.6 Å². The van der Waals surface area contributed by atoms with E-state index >= 15 is 0 Å². The van der Waals surface area contributed by atoms with Gasteiger partial charge in [0.2, 0.25) is 0 Å². The highest BCUT2D eigenvalue weighted by molar-refractivity contribution is 7.97. The van der Waals surface area contributed by atoms with Crippen molar-refractivity contribution in [1.29, 1.82) is 0 Å². The third-order valence-corrected chi connectivity index (χ3v) is 7.76. The Labute approximate surface area is 194 Å². The molecular weight excluding hydrogens is 412 g/mol. The van der Waals surface area contributed by atoms with Crippen LogP contribution in [0.3, 0.4) is 0 Å². The predicted octanol–water partition coefficient (Wildman–Crippen LogP) is 6.91. The molecule has 32 heavy (non-hydrogen) atoms. The Hall–Kier alpha value is -2.96. The molecule has 3 heteroatoms. The molecule has 0 aliphatic heterocycles. The number of ether oxygens (including phenoxy) is 1. The average molecular weight is 442 g/mol. The molecule has 0 heterocycles. The van der Waals surface area contributed by atoms with Crippen molar-refractivity contribution in [2.24, 2.45) is 5.92 Å². The number of rotatable bonds is 5. The van der Waals surface area contributed by atoms with Crippen LogP contribution in [0.4, 0.5) is 0 Å². The van der Waals surface area contributed by atoms with E-state index in [1.807, 2.05) is 44.2 Å². The lowest BCUT2D eigenvalue weighted by atomic mass is 10.1. The summed E-state index contributed by atoms with van der Waals surface area (Å²) in [5.41, 5.74) is -0.251. The van der Waals surface area contributed by atoms with Crippen molar-refractivity contribution in [3.8, 4) is 11.8 Å². The van der Waals surface area contributed by atoms with Gasteiger partial charge in [-0.2, -0.15) is 0 Å². The van der Waals surface area contributed by atoms with Gasteiger partial charge in [-0.1, -0.05) is 67.1 Å². The number of benzene rings is 3. The molecule has 2 nitrogen and oxygen atoms in total. The highest BCUT2D eigenvalue weighted by atomic mass is 32.2. The first-order valence-corrected chi connectivity index (χ1v) is 12.4. The minimum absolute atomic E-state index is 0.306. The van der Waals surface area contributed by atoms with Crippen LogP contribution < -0.4 is 0 Å². The zero-order valence-corrected chi connectivity index (χ0v) is 19.5. The average Bonchev–Trinajstić information content (AvgIpc) is 3.33. The first-order valence-electron chi connectivity index (χ1n) is 11.2. The Kier molecular flexibility index (Phi) is 7.02. The van der Waals surface area contributed by atoms with Gasteiger partial charge in [-0.15, -0.1) is 0 Å². The summed E-state index contributed by atoms with van der Waals surface area (Å²) in [6, 6.07) is 28.7. The van der Waals surface area contributed by atoms with Crippen LogP contribution >= 0.6 is 0 Å². The lowest BCUT2D eigenvalue weighted by molar-refractivity contribution is 0.0203. The van der Waals surface area contributed by atoms with Gasteiger partial charge in [0.15, 0.2) is 20.3 Å². The standard InChI is InChI=1S/C29H29O2S/c1-29(2,21-20-23-12-9-10-13-23)31-28(30)24-14-11-19-27(22-24)32(25-15-5-3-6-16-25)26-17-7-4-8-18-26/h3-8,11,14-19,22-23H,9-10,12-13H2,1-2H3/q+1. The van der Waals surface area contributed by atoms with Crippen molar-refractivity contribution in [1.82, 2.24) is 0 Å². The molecule has 1 aliphatic rings. The van der Waals surface area contributed by atoms with Gasteiger partial charge in [0.25, 0.3) is 0 Å². The normalized spacial score (nSPS) is 14.1. The molecule has 1 fully saturated rings. The second-order valence-corrected chi connectivity index (χ2v) is 10.6. The van der Waals surface area contributed by atoms with Gasteiger partial charge in [0.05, 0.1) is 16.5 Å². The Morgan fingerprint density at radius 1 is 0.844 bits per heavy atom. The van der Waals surface area contributed by atoms with Crippen molar-refractivity contribution in [3.05, 3.63) is 90.5 Å². The molecule has 4 rings (SSSR count). The Morgan fingerprint density at radius 2 is 1.41 bits per heavy atom. The van der Waals surface area contributed by atoms with E-state index in [9.17, 15) is 4.79 Å². The predicted molar refractivity (Wildman–Crippen MR) is 131 cm³/mol. The fraction of sp³-hybridized carbons (Fsp3) is 0.276. The largest absolute Gasteiger partial charge is 0.443 e. The van der Waals surface area contributed by atoms with Crippen molar-refractivity contribution < 1.29 is 9.53 Å². The van der Waals surface area contributed by atoms with E-state index in [2.05, 4.69) is 66.4 Å². The van der Waals surface area contributed by atoms with Crippen LogP contribution in [0.1, 0.15) is 49.9 Å². The topological polar surface area (TPSA) is 26.3 Å². The van der Waals surface area contributed by atoms with Gasteiger partial charge in [0, 0.05) is 12.0 Å². The fourth-order valence-electron chi connectivity index (χ4n) is 3.93. The summed E-state index contributed by atoms with van der Waals surface area (Å²) in [6.45, 7) is 3.74. The first-order chi connectivity index (χ1) is 15.5. The van der Waals surface area contributed by atoms with Crippen LogP contribution in [-0.2, 0) is 15.6 Å². The summed E-state index contributed by atoms with van der Waals surface area (Å²) >= 11 is 0. The molecule has 3 aromatic rings. The summed E-state index contributed by atoms with van der Waals surface area (Å²) in [6.07, 6.45) is 4.80. The molecule has 1 saturated carbocycles. The molecular formula is C29H29O2S+. The molecule has 0 aromatic heterocycles. The number of hydrogen-bond donors (Lipinski definition) is 0. The molecule has 162 valence electrons. The van der Waals surface area contributed by atoms with Crippen LogP contribution in [0.5, 0.6) is 0 Å². The van der Waals surface area contributed by atoms with Crippen molar-refractivity contribution in [3.63, 3.8) is 0 Å². The highest BCUT2D eigenvalue weighted by Gasteiger charge is 2.30. The minimum atomic E-state index is -0.809. The maximum Gasteiger partial charge on any atom is 0.339 e. The number of esters is 1. The third-order valence-electron chi connectivity index (χ3n) is 5.54. The summed E-state index contributed by atoms with van der Waals surface area (Å²) in [7, 11) is -0.306. The molecule has 0 bridgehead atoms. The zero-order chi connectivity index (χ0) is 22.4. The second-order valence-electron chi connectivity index (χ2n) is 8.61. The minimum Gasteiger partial charge on any atom is -0.443 e. The molecule has 0 spiro atoms. The SMILES string of the molecule is CC(C)(C#CC1CCCC1)OC(=O)c1cccc([S+](c2ccccc2)c2ccccc2)c1. The monoisotopic (exact) mass is 441 g/mol. The first kappa shape index (κ1) is 22.2. The maximum absolute atomic E-state index is 13.0. The molecule has 0 unspecified atom stereocenters. The molecule has 0 atom stereocenters. The summed E-state index contributed by atoms with van der Waals surface area (Å²) in [4.78, 5) is 16.5. The van der Waals surface area contributed by atoms with Crippen molar-refractivity contribution in [2.75, 3.05) is 0 Å². The number of carbonyl (C=O) groups is 1. The van der Waals surface area contributed by atoms with Crippen LogP contribution in [-0.4, -0.2) is 11.6 Å². The van der Waals surface area contributed by atoms with E-state index in [4.69, 9.17) is 4.74 Å². The smallest absolute Gasteiger partial charge is 0.339 e. The van der Waals surface area contributed by atoms with E-state index in [1.54, 1.807) is 0 Å². The van der Waals surface area contributed by atoms with E-state index in [-0.39, 0.29) is 16.9 Å². The fourth-order valence-corrected chi connectivity index (χ4v) is 6.07. The van der Waals surface area contributed by atoms with Crippen LogP contribution in [0.2, 0.25) is 0 Å². The van der Waals surface area contributed by atoms with E-state index in [0.29, 0.717) is 11.5 Å². The lowest BCUT2D eigenvalue weighted by Crippen LogP contribution is -2.26. The van der Waals surface area contributed by atoms with Crippen LogP contribution in [0.15, 0.2) is 99.6 Å². The molecule has 0 amide bonds. The molecule has 1 aliphatic carbocycles. The van der Waals surface area contributed by atoms with Gasteiger partial charge in [-0.25, -0.2) is 4.79 Å². The quantitative estimate of drug-likeness (QED) is 0.244. The van der Waals surface area contributed by atoms with Gasteiger partial charge in [-0.3, -0.25) is 0 Å². The lowest BCUT2D eigenvalue weighted by Gasteiger charge is -2.19. The van der Waals surface area contributed by atoms with E-state index in [0.717, 1.165) is 17.7 Å². The van der Waals surface area contributed by atoms with E-state index < -0.39 is 5.60 Å². The molecule has 3 aromatic carbocycles. The molecule has 0 N–H and O–H groups in total. The van der Waals surface area contributed by atoms with Crippen molar-refractivity contribution >= 4 is 16.9 Å². The summed E-state index contributed by atoms with van der Waals surface area (Å²) in [5, 5.41) is 0. The highest BCUT2D eigenvalue weighted by Crippen LogP contribution is 2.31. The van der Waals surface area contributed by atoms with Crippen LogP contribution in [0, 0.1) is 17.8 Å². The van der Waals surface area contributed by atoms with Gasteiger partial charge >= 0.3 is 5.97 Å². The van der Waals surface area contributed by atoms with Gasteiger partial charge in [0.1, 0.15) is 0 Å². The number of hydrogen-bond acceptors (Lipinski definition) is 2. The molecule has 0 radical (unpaired) electrons. The zero-order valence-electron chi connectivity index (χ0n) is 18.7. The summed E-state index contributed by atoms with van der Waals surface area (Å²) in [5.74, 6) is 6.63. The third kappa shape index (κ3) is 5.64. The summed E-state index contributed by atoms with van der Waals surface area (Å²) < 4.78 is 5.82. The van der Waals surface area contributed by atoms with Gasteiger partial charge in [-0.05, 0) is 63.1 Å². The van der Waals surface area contributed by atoms with Crippen molar-refractivity contribution in [2.45, 2.75) is 59.8 Å². The number of carbonyl (C=O) groups excluding carboxylic acids is 1. The van der Waals surface area contributed by atoms with Gasteiger partial charge < -0.3 is 4.74 Å². The maximum atomic E-state index is 13.0. The Bertz CT molecular complexity index is 1060. The molecule has 0 saturated heterocycles.